The van der Waals surface area contributed by atoms with Gasteiger partial charge in [0.25, 0.3) is 0 Å². The number of benzene rings is 1. The third kappa shape index (κ3) is 4.61. The van der Waals surface area contributed by atoms with Crippen LogP contribution >= 0.6 is 11.6 Å². The molecule has 1 spiro atoms. The molecule has 1 aliphatic carbocycles. The molecule has 28 heavy (non-hydrogen) atoms. The van der Waals surface area contributed by atoms with Gasteiger partial charge in [0.15, 0.2) is 0 Å². The van der Waals surface area contributed by atoms with Crippen LogP contribution in [0.3, 0.4) is 0 Å². The number of halogens is 1. The van der Waals surface area contributed by atoms with Gasteiger partial charge in [-0.3, -0.25) is 9.69 Å². The fourth-order valence-corrected chi connectivity index (χ4v) is 5.18. The number of carbonyl (C=O) groups excluding carboxylic acids is 1. The molecular formula is C23H32ClN3O. The van der Waals surface area contributed by atoms with Gasteiger partial charge in [0.1, 0.15) is 0 Å². The molecule has 4 rings (SSSR count). The lowest BCUT2D eigenvalue weighted by molar-refractivity contribution is -0.133. The van der Waals surface area contributed by atoms with Crippen molar-refractivity contribution in [3.63, 3.8) is 0 Å². The second-order valence-corrected chi connectivity index (χ2v) is 9.36. The molecule has 0 aromatic heterocycles. The van der Waals surface area contributed by atoms with Crippen molar-refractivity contribution in [2.75, 3.05) is 52.9 Å². The minimum absolute atomic E-state index is 0.272. The minimum Gasteiger partial charge on any atom is -0.341 e. The molecule has 0 N–H and O–H groups in total. The molecule has 3 fully saturated rings. The van der Waals surface area contributed by atoms with Crippen molar-refractivity contribution in [3.05, 3.63) is 40.9 Å². The van der Waals surface area contributed by atoms with Crippen LogP contribution in [-0.2, 0) is 4.79 Å². The van der Waals surface area contributed by atoms with Crippen LogP contribution in [0.4, 0.5) is 0 Å². The van der Waals surface area contributed by atoms with Crippen molar-refractivity contribution < 1.29 is 4.79 Å². The summed E-state index contributed by atoms with van der Waals surface area (Å²) in [6.45, 7) is 6.84. The molecule has 1 aromatic carbocycles. The third-order valence-corrected chi connectivity index (χ3v) is 7.10. The number of piperidine rings is 1. The first-order chi connectivity index (χ1) is 13.6. The maximum atomic E-state index is 13.0. The molecule has 4 nitrogen and oxygen atoms in total. The highest BCUT2D eigenvalue weighted by Crippen LogP contribution is 2.60. The SMILES string of the molecule is CN1CCCN(C(=O)C2CC23CCN(C/C(Cl)=C/c2ccccc2)CC3)CC1. The minimum atomic E-state index is 0.272. The molecule has 1 unspecified atom stereocenters. The van der Waals surface area contributed by atoms with E-state index in [0.29, 0.717) is 5.91 Å². The fourth-order valence-electron chi connectivity index (χ4n) is 4.88. The molecule has 152 valence electrons. The second-order valence-electron chi connectivity index (χ2n) is 8.88. The van der Waals surface area contributed by atoms with Crippen molar-refractivity contribution >= 4 is 23.6 Å². The smallest absolute Gasteiger partial charge is 0.226 e. The van der Waals surface area contributed by atoms with E-state index >= 15 is 0 Å². The zero-order valence-electron chi connectivity index (χ0n) is 16.9. The van der Waals surface area contributed by atoms with E-state index in [1.54, 1.807) is 0 Å². The Morgan fingerprint density at radius 1 is 1.11 bits per heavy atom. The Morgan fingerprint density at radius 3 is 2.61 bits per heavy atom. The van der Waals surface area contributed by atoms with Gasteiger partial charge < -0.3 is 9.80 Å². The number of likely N-dealkylation sites (tertiary alicyclic amines) is 1. The molecular weight excluding hydrogens is 370 g/mol. The molecule has 2 saturated heterocycles. The van der Waals surface area contributed by atoms with E-state index in [-0.39, 0.29) is 11.3 Å². The Hall–Kier alpha value is -1.36. The largest absolute Gasteiger partial charge is 0.341 e. The quantitative estimate of drug-likeness (QED) is 0.772. The number of hydrogen-bond donors (Lipinski definition) is 0. The first-order valence-electron chi connectivity index (χ1n) is 10.7. The molecule has 1 atom stereocenters. The van der Waals surface area contributed by atoms with Crippen LogP contribution in [0.2, 0.25) is 0 Å². The summed E-state index contributed by atoms with van der Waals surface area (Å²) in [7, 11) is 2.15. The summed E-state index contributed by atoms with van der Waals surface area (Å²) >= 11 is 6.50. The van der Waals surface area contributed by atoms with E-state index in [1.807, 2.05) is 18.2 Å². The Kier molecular flexibility index (Phi) is 6.10. The van der Waals surface area contributed by atoms with Crippen LogP contribution in [0.25, 0.3) is 6.08 Å². The van der Waals surface area contributed by atoms with E-state index in [0.717, 1.165) is 82.1 Å². The number of likely N-dealkylation sites (N-methyl/N-ethyl adjacent to an activating group) is 1. The average Bonchev–Trinajstić information content (AvgIpc) is 3.44. The third-order valence-electron chi connectivity index (χ3n) is 6.87. The van der Waals surface area contributed by atoms with E-state index in [1.165, 1.54) is 0 Å². The van der Waals surface area contributed by atoms with Gasteiger partial charge in [-0.25, -0.2) is 0 Å². The molecule has 2 aliphatic heterocycles. The summed E-state index contributed by atoms with van der Waals surface area (Å²) in [4.78, 5) is 19.9. The van der Waals surface area contributed by atoms with Crippen molar-refractivity contribution in [2.45, 2.75) is 25.7 Å². The molecule has 2 heterocycles. The van der Waals surface area contributed by atoms with E-state index in [9.17, 15) is 4.79 Å². The van der Waals surface area contributed by atoms with Crippen molar-refractivity contribution in [1.82, 2.24) is 14.7 Å². The van der Waals surface area contributed by atoms with Crippen molar-refractivity contribution in [1.29, 1.82) is 0 Å². The molecule has 3 aliphatic rings. The molecule has 0 radical (unpaired) electrons. The van der Waals surface area contributed by atoms with Gasteiger partial charge in [-0.15, -0.1) is 0 Å². The van der Waals surface area contributed by atoms with Gasteiger partial charge in [-0.1, -0.05) is 41.9 Å². The van der Waals surface area contributed by atoms with Gasteiger partial charge in [0.2, 0.25) is 5.91 Å². The molecule has 1 aromatic rings. The van der Waals surface area contributed by atoms with E-state index < -0.39 is 0 Å². The monoisotopic (exact) mass is 401 g/mol. The Labute approximate surface area is 174 Å². The fraction of sp³-hybridized carbons (Fsp3) is 0.609. The van der Waals surface area contributed by atoms with Gasteiger partial charge in [0, 0.05) is 37.1 Å². The number of carbonyl (C=O) groups is 1. The Bertz CT molecular complexity index is 712. The lowest BCUT2D eigenvalue weighted by atomic mass is 9.90. The highest BCUT2D eigenvalue weighted by molar-refractivity contribution is 6.31. The molecule has 1 amide bonds. The van der Waals surface area contributed by atoms with Crippen LogP contribution in [0.5, 0.6) is 0 Å². The average molecular weight is 402 g/mol. The first kappa shape index (κ1) is 19.9. The maximum absolute atomic E-state index is 13.0. The number of nitrogens with zero attached hydrogens (tertiary/aromatic N) is 3. The lowest BCUT2D eigenvalue weighted by Crippen LogP contribution is -2.40. The topological polar surface area (TPSA) is 26.8 Å². The summed E-state index contributed by atoms with van der Waals surface area (Å²) in [5, 5.41) is 0.888. The highest BCUT2D eigenvalue weighted by atomic mass is 35.5. The van der Waals surface area contributed by atoms with E-state index in [2.05, 4.69) is 40.0 Å². The zero-order valence-corrected chi connectivity index (χ0v) is 17.7. The Balaban J connectivity index is 1.26. The maximum Gasteiger partial charge on any atom is 0.226 e. The molecule has 5 heteroatoms. The van der Waals surface area contributed by atoms with Gasteiger partial charge >= 0.3 is 0 Å². The summed E-state index contributed by atoms with van der Waals surface area (Å²) in [6, 6.07) is 10.2. The first-order valence-corrected chi connectivity index (χ1v) is 11.0. The van der Waals surface area contributed by atoms with Crippen molar-refractivity contribution in [3.8, 4) is 0 Å². The summed E-state index contributed by atoms with van der Waals surface area (Å²) in [5.41, 5.74) is 1.43. The predicted molar refractivity (Wildman–Crippen MR) is 115 cm³/mol. The Morgan fingerprint density at radius 2 is 1.86 bits per heavy atom. The standard InChI is InChI=1S/C23H32ClN3O/c1-25-10-5-11-27(15-14-25)22(28)21-17-23(21)8-12-26(13-9-23)18-20(24)16-19-6-3-2-4-7-19/h2-4,6-7,16,21H,5,8-15,17-18H2,1H3/b20-16-. The number of rotatable bonds is 4. The zero-order chi connectivity index (χ0) is 19.6. The van der Waals surface area contributed by atoms with Crippen LogP contribution in [0.15, 0.2) is 35.4 Å². The second kappa shape index (κ2) is 8.56. The molecule has 0 bridgehead atoms. The number of hydrogen-bond acceptors (Lipinski definition) is 3. The highest BCUT2D eigenvalue weighted by Gasteiger charge is 2.59. The van der Waals surface area contributed by atoms with Crippen LogP contribution in [0, 0.1) is 11.3 Å². The lowest BCUT2D eigenvalue weighted by Gasteiger charge is -2.33. The predicted octanol–water partition coefficient (Wildman–Crippen LogP) is 3.53. The normalized spacial score (nSPS) is 26.3. The van der Waals surface area contributed by atoms with Gasteiger partial charge in [-0.05, 0) is 69.4 Å². The summed E-state index contributed by atoms with van der Waals surface area (Å²) < 4.78 is 0. The molecule has 1 saturated carbocycles. The van der Waals surface area contributed by atoms with Crippen LogP contribution < -0.4 is 0 Å². The van der Waals surface area contributed by atoms with Crippen LogP contribution in [0.1, 0.15) is 31.2 Å². The summed E-state index contributed by atoms with van der Waals surface area (Å²) in [6.07, 6.45) is 6.52. The van der Waals surface area contributed by atoms with E-state index in [4.69, 9.17) is 11.6 Å². The van der Waals surface area contributed by atoms with Crippen molar-refractivity contribution in [2.24, 2.45) is 11.3 Å². The number of amides is 1. The summed E-state index contributed by atoms with van der Waals surface area (Å²) in [5.74, 6) is 0.694. The van der Waals surface area contributed by atoms with Gasteiger partial charge in [0.05, 0.1) is 0 Å². The van der Waals surface area contributed by atoms with Crippen LogP contribution in [-0.4, -0.2) is 73.5 Å². The van der Waals surface area contributed by atoms with Gasteiger partial charge in [-0.2, -0.15) is 0 Å².